The lowest BCUT2D eigenvalue weighted by atomic mass is 10.0. The van der Waals surface area contributed by atoms with Crippen LogP contribution < -0.4 is 11.5 Å². The molecule has 2 aromatic rings. The van der Waals surface area contributed by atoms with E-state index in [1.807, 2.05) is 0 Å². The van der Waals surface area contributed by atoms with Gasteiger partial charge in [-0.25, -0.2) is 4.98 Å². The summed E-state index contributed by atoms with van der Waals surface area (Å²) < 4.78 is 0. The van der Waals surface area contributed by atoms with Gasteiger partial charge >= 0.3 is 0 Å². The second-order valence-electron chi connectivity index (χ2n) is 3.67. The maximum atomic E-state index is 10.7. The lowest BCUT2D eigenvalue weighted by molar-refractivity contribution is -0.107. The number of benzene rings is 1. The molecule has 18 heavy (non-hydrogen) atoms. The largest absolute Gasteiger partial charge is 0.383 e. The van der Waals surface area contributed by atoms with E-state index in [9.17, 15) is 4.79 Å². The van der Waals surface area contributed by atoms with Crippen LogP contribution in [0.1, 0.15) is 5.69 Å². The fraction of sp³-hybridized carbons (Fsp3) is 0.0833. The zero-order valence-electron chi connectivity index (χ0n) is 9.43. The van der Waals surface area contributed by atoms with E-state index >= 15 is 0 Å². The Kier molecular flexibility index (Phi) is 3.43. The molecule has 0 fully saturated rings. The van der Waals surface area contributed by atoms with Crippen LogP contribution in [-0.2, 0) is 11.2 Å². The van der Waals surface area contributed by atoms with Crippen molar-refractivity contribution in [2.45, 2.75) is 6.42 Å². The molecule has 0 atom stereocenters. The molecule has 1 heterocycles. The molecule has 0 spiro atoms. The predicted molar refractivity (Wildman–Crippen MR) is 71.1 cm³/mol. The van der Waals surface area contributed by atoms with E-state index in [0.717, 1.165) is 11.8 Å². The number of hydrogen-bond acceptors (Lipinski definition) is 5. The highest BCUT2D eigenvalue weighted by molar-refractivity contribution is 6.30. The summed E-state index contributed by atoms with van der Waals surface area (Å²) >= 11 is 5.83. The molecule has 4 N–H and O–H groups in total. The zero-order valence-corrected chi connectivity index (χ0v) is 10.2. The minimum atomic E-state index is 0.0575. The maximum Gasteiger partial charge on any atom is 0.222 e. The van der Waals surface area contributed by atoms with Crippen molar-refractivity contribution in [3.8, 4) is 11.1 Å². The topological polar surface area (TPSA) is 94.9 Å². The molecular formula is C12H11ClN4O. The van der Waals surface area contributed by atoms with Gasteiger partial charge in [0.15, 0.2) is 0 Å². The Bertz CT molecular complexity index is 583. The number of aromatic nitrogens is 2. The number of carbonyl (C=O) groups excluding carboxylic acids is 1. The molecule has 1 aromatic heterocycles. The van der Waals surface area contributed by atoms with Gasteiger partial charge in [0.25, 0.3) is 0 Å². The number of carbonyl (C=O) groups is 1. The fourth-order valence-corrected chi connectivity index (χ4v) is 1.83. The highest BCUT2D eigenvalue weighted by atomic mass is 35.5. The van der Waals surface area contributed by atoms with Crippen LogP contribution in [0.15, 0.2) is 24.3 Å². The summed E-state index contributed by atoms with van der Waals surface area (Å²) in [6.45, 7) is 0. The third-order valence-corrected chi connectivity index (χ3v) is 2.69. The molecule has 2 rings (SSSR count). The second-order valence-corrected chi connectivity index (χ2v) is 4.10. The molecule has 0 amide bonds. The number of anilines is 2. The predicted octanol–water partition coefficient (Wildman–Crippen LogP) is 1.70. The van der Waals surface area contributed by atoms with Crippen LogP contribution in [0.4, 0.5) is 11.8 Å². The van der Waals surface area contributed by atoms with Gasteiger partial charge in [0, 0.05) is 17.0 Å². The summed E-state index contributed by atoms with van der Waals surface area (Å²) in [5.41, 5.74) is 13.3. The number of rotatable bonds is 3. The van der Waals surface area contributed by atoms with Crippen molar-refractivity contribution in [1.29, 1.82) is 0 Å². The normalized spacial score (nSPS) is 10.3. The monoisotopic (exact) mass is 262 g/mol. The van der Waals surface area contributed by atoms with E-state index in [4.69, 9.17) is 23.1 Å². The quantitative estimate of drug-likeness (QED) is 0.821. The molecule has 92 valence electrons. The summed E-state index contributed by atoms with van der Waals surface area (Å²) in [5.74, 6) is 0.309. The van der Waals surface area contributed by atoms with Gasteiger partial charge < -0.3 is 16.3 Å². The van der Waals surface area contributed by atoms with Gasteiger partial charge in [-0.2, -0.15) is 4.98 Å². The number of nitrogens with two attached hydrogens (primary N) is 2. The smallest absolute Gasteiger partial charge is 0.222 e. The molecule has 0 unspecified atom stereocenters. The van der Waals surface area contributed by atoms with Gasteiger partial charge in [-0.3, -0.25) is 0 Å². The minimum Gasteiger partial charge on any atom is -0.383 e. The first kappa shape index (κ1) is 12.3. The number of halogens is 1. The van der Waals surface area contributed by atoms with Crippen LogP contribution in [0.2, 0.25) is 5.02 Å². The summed E-state index contributed by atoms with van der Waals surface area (Å²) in [6, 6.07) is 7.05. The second kappa shape index (κ2) is 5.01. The first-order valence-corrected chi connectivity index (χ1v) is 5.61. The molecular weight excluding hydrogens is 252 g/mol. The zero-order chi connectivity index (χ0) is 13.1. The van der Waals surface area contributed by atoms with E-state index < -0.39 is 0 Å². The first-order chi connectivity index (χ1) is 8.61. The Hall–Kier alpha value is -2.14. The van der Waals surface area contributed by atoms with Crippen molar-refractivity contribution in [1.82, 2.24) is 9.97 Å². The summed E-state index contributed by atoms with van der Waals surface area (Å²) in [5, 5.41) is 0.616. The average Bonchev–Trinajstić information content (AvgIpc) is 2.31. The highest BCUT2D eigenvalue weighted by Gasteiger charge is 2.13. The lowest BCUT2D eigenvalue weighted by Crippen LogP contribution is -2.07. The van der Waals surface area contributed by atoms with Crippen molar-refractivity contribution in [3.63, 3.8) is 0 Å². The van der Waals surface area contributed by atoms with E-state index in [2.05, 4.69) is 9.97 Å². The van der Waals surface area contributed by atoms with Crippen LogP contribution in [0.25, 0.3) is 11.1 Å². The van der Waals surface area contributed by atoms with Gasteiger partial charge in [-0.1, -0.05) is 23.7 Å². The van der Waals surface area contributed by atoms with Crippen LogP contribution in [0, 0.1) is 0 Å². The molecule has 5 nitrogen and oxygen atoms in total. The lowest BCUT2D eigenvalue weighted by Gasteiger charge is -2.10. The number of aldehydes is 1. The van der Waals surface area contributed by atoms with E-state index in [1.165, 1.54) is 0 Å². The van der Waals surface area contributed by atoms with E-state index in [0.29, 0.717) is 16.3 Å². The third-order valence-electron chi connectivity index (χ3n) is 2.44. The molecule has 0 aliphatic carbocycles. The van der Waals surface area contributed by atoms with Crippen LogP contribution in [-0.4, -0.2) is 16.3 Å². The summed E-state index contributed by atoms with van der Waals surface area (Å²) in [6.07, 6.45) is 0.884. The number of nitrogen functional groups attached to an aromatic ring is 2. The van der Waals surface area contributed by atoms with Gasteiger partial charge in [-0.15, -0.1) is 0 Å². The molecule has 6 heteroatoms. The van der Waals surface area contributed by atoms with E-state index in [1.54, 1.807) is 24.3 Å². The Balaban J connectivity index is 2.61. The van der Waals surface area contributed by atoms with E-state index in [-0.39, 0.29) is 18.2 Å². The number of hydrogen-bond donors (Lipinski definition) is 2. The van der Waals surface area contributed by atoms with Gasteiger partial charge in [-0.05, 0) is 17.7 Å². The Morgan fingerprint density at radius 1 is 1.17 bits per heavy atom. The van der Waals surface area contributed by atoms with Gasteiger partial charge in [0.05, 0.1) is 5.69 Å². The Morgan fingerprint density at radius 2 is 1.83 bits per heavy atom. The average molecular weight is 263 g/mol. The fourth-order valence-electron chi connectivity index (χ4n) is 1.70. The number of nitrogens with zero attached hydrogens (tertiary/aromatic N) is 2. The van der Waals surface area contributed by atoms with Gasteiger partial charge in [0.2, 0.25) is 5.95 Å². The van der Waals surface area contributed by atoms with Gasteiger partial charge in [0.1, 0.15) is 12.1 Å². The Labute approximate surface area is 109 Å². The molecule has 1 aromatic carbocycles. The molecule has 0 aliphatic rings. The van der Waals surface area contributed by atoms with Crippen molar-refractivity contribution in [2.24, 2.45) is 0 Å². The summed E-state index contributed by atoms with van der Waals surface area (Å²) in [7, 11) is 0. The molecule has 0 saturated carbocycles. The standard InChI is InChI=1S/C12H11ClN4O/c13-8-3-1-7(2-4-8)10-9(5-6-18)16-12(15)17-11(10)14/h1-4,6H,5H2,(H4,14,15,16,17). The Morgan fingerprint density at radius 3 is 2.44 bits per heavy atom. The van der Waals surface area contributed by atoms with Crippen LogP contribution >= 0.6 is 11.6 Å². The summed E-state index contributed by atoms with van der Waals surface area (Å²) in [4.78, 5) is 18.6. The van der Waals surface area contributed by atoms with Crippen molar-refractivity contribution >= 4 is 29.7 Å². The van der Waals surface area contributed by atoms with Crippen LogP contribution in [0.5, 0.6) is 0 Å². The van der Waals surface area contributed by atoms with Crippen LogP contribution in [0.3, 0.4) is 0 Å². The van der Waals surface area contributed by atoms with Crippen molar-refractivity contribution in [3.05, 3.63) is 35.0 Å². The molecule has 0 radical (unpaired) electrons. The highest BCUT2D eigenvalue weighted by Crippen LogP contribution is 2.29. The first-order valence-electron chi connectivity index (χ1n) is 5.23. The molecule has 0 bridgehead atoms. The van der Waals surface area contributed by atoms with Crippen molar-refractivity contribution < 1.29 is 4.79 Å². The maximum absolute atomic E-state index is 10.7. The van der Waals surface area contributed by atoms with Crippen molar-refractivity contribution in [2.75, 3.05) is 11.5 Å². The SMILES string of the molecule is Nc1nc(N)c(-c2ccc(Cl)cc2)c(CC=O)n1. The molecule has 0 aliphatic heterocycles. The molecule has 0 saturated heterocycles. The minimum absolute atomic E-state index is 0.0575. The third kappa shape index (κ3) is 2.41.